The molecule has 11 heteroatoms. The molecule has 3 N–H and O–H groups in total. The molecule has 0 aromatic heterocycles. The van der Waals surface area contributed by atoms with E-state index in [1.165, 1.54) is 24.4 Å². The van der Waals surface area contributed by atoms with E-state index in [-0.39, 0.29) is 11.4 Å². The van der Waals surface area contributed by atoms with Crippen LogP contribution in [0.25, 0.3) is 0 Å². The first kappa shape index (κ1) is 25.9. The van der Waals surface area contributed by atoms with E-state index in [9.17, 15) is 27.6 Å². The van der Waals surface area contributed by atoms with Crippen molar-refractivity contribution in [2.75, 3.05) is 17.2 Å². The molecule has 3 amide bonds. The molecular weight excluding hydrogens is 477 g/mol. The summed E-state index contributed by atoms with van der Waals surface area (Å²) >= 11 is 0. The number of rotatable bonds is 7. The second-order valence-electron chi connectivity index (χ2n) is 7.51. The number of benzene rings is 3. The van der Waals surface area contributed by atoms with Crippen LogP contribution >= 0.6 is 0 Å². The summed E-state index contributed by atoms with van der Waals surface area (Å²) in [7, 11) is 0. The average Bonchev–Trinajstić information content (AvgIpc) is 2.82. The summed E-state index contributed by atoms with van der Waals surface area (Å²) in [6, 6.07) is 17.5. The monoisotopic (exact) mass is 498 g/mol. The van der Waals surface area contributed by atoms with Gasteiger partial charge in [-0.1, -0.05) is 30.3 Å². The van der Waals surface area contributed by atoms with Crippen molar-refractivity contribution in [1.82, 2.24) is 5.43 Å². The molecular formula is C25H21F3N4O4. The van der Waals surface area contributed by atoms with E-state index >= 15 is 0 Å². The fourth-order valence-corrected chi connectivity index (χ4v) is 2.93. The van der Waals surface area contributed by atoms with Crippen molar-refractivity contribution in [2.45, 2.75) is 13.1 Å². The van der Waals surface area contributed by atoms with Crippen molar-refractivity contribution < 1.29 is 32.3 Å². The zero-order chi connectivity index (χ0) is 26.1. The van der Waals surface area contributed by atoms with E-state index in [4.69, 9.17) is 4.74 Å². The molecule has 3 aromatic rings. The number of hydrogen-bond acceptors (Lipinski definition) is 5. The van der Waals surface area contributed by atoms with Gasteiger partial charge < -0.3 is 15.4 Å². The Morgan fingerprint density at radius 3 is 2.31 bits per heavy atom. The molecule has 36 heavy (non-hydrogen) atoms. The van der Waals surface area contributed by atoms with Gasteiger partial charge in [-0.3, -0.25) is 14.4 Å². The summed E-state index contributed by atoms with van der Waals surface area (Å²) < 4.78 is 43.8. The highest BCUT2D eigenvalue weighted by atomic mass is 19.4. The Labute approximate surface area is 204 Å². The minimum atomic E-state index is -4.52. The summed E-state index contributed by atoms with van der Waals surface area (Å²) in [5.41, 5.74) is 3.10. The highest BCUT2D eigenvalue weighted by Crippen LogP contribution is 2.30. The van der Waals surface area contributed by atoms with Gasteiger partial charge >= 0.3 is 18.0 Å². The second-order valence-corrected chi connectivity index (χ2v) is 7.51. The first-order valence-electron chi connectivity index (χ1n) is 10.5. The summed E-state index contributed by atoms with van der Waals surface area (Å²) in [6.45, 7) is 1.40. The summed E-state index contributed by atoms with van der Waals surface area (Å²) in [4.78, 5) is 35.9. The topological polar surface area (TPSA) is 109 Å². The van der Waals surface area contributed by atoms with E-state index in [2.05, 4.69) is 21.2 Å². The molecule has 0 aliphatic heterocycles. The fourth-order valence-electron chi connectivity index (χ4n) is 2.93. The molecule has 0 aliphatic carbocycles. The number of hydrazone groups is 1. The van der Waals surface area contributed by atoms with Crippen molar-refractivity contribution in [1.29, 1.82) is 0 Å². The number of aryl methyl sites for hydroxylation is 1. The van der Waals surface area contributed by atoms with Gasteiger partial charge in [0.1, 0.15) is 5.75 Å². The molecule has 0 unspecified atom stereocenters. The lowest BCUT2D eigenvalue weighted by Crippen LogP contribution is -2.32. The first-order valence-corrected chi connectivity index (χ1v) is 10.5. The number of nitrogens with zero attached hydrogens (tertiary/aromatic N) is 1. The van der Waals surface area contributed by atoms with Gasteiger partial charge in [0.25, 0.3) is 5.91 Å². The van der Waals surface area contributed by atoms with Crippen molar-refractivity contribution in [3.8, 4) is 5.75 Å². The number of amides is 3. The molecule has 0 atom stereocenters. The van der Waals surface area contributed by atoms with Gasteiger partial charge in [0.15, 0.2) is 6.61 Å². The maximum atomic E-state index is 12.8. The van der Waals surface area contributed by atoms with E-state index in [0.717, 1.165) is 17.7 Å². The number of carbonyl (C=O) groups is 3. The Morgan fingerprint density at radius 1 is 0.889 bits per heavy atom. The minimum absolute atomic E-state index is 0.0125. The highest BCUT2D eigenvalue weighted by Gasteiger charge is 2.30. The Balaban J connectivity index is 1.49. The van der Waals surface area contributed by atoms with Crippen molar-refractivity contribution in [3.63, 3.8) is 0 Å². The van der Waals surface area contributed by atoms with Crippen LogP contribution in [0.5, 0.6) is 5.75 Å². The Bertz CT molecular complexity index is 1290. The molecule has 0 spiro atoms. The molecule has 3 aromatic carbocycles. The van der Waals surface area contributed by atoms with Crippen LogP contribution in [-0.4, -0.2) is 30.5 Å². The van der Waals surface area contributed by atoms with Crippen molar-refractivity contribution in [2.24, 2.45) is 5.10 Å². The maximum Gasteiger partial charge on any atom is 0.416 e. The predicted molar refractivity (Wildman–Crippen MR) is 128 cm³/mol. The predicted octanol–water partition coefficient (Wildman–Crippen LogP) is 4.12. The van der Waals surface area contributed by atoms with E-state index in [0.29, 0.717) is 11.3 Å². The van der Waals surface area contributed by atoms with Crippen LogP contribution in [0.15, 0.2) is 77.9 Å². The normalized spacial score (nSPS) is 11.1. The van der Waals surface area contributed by atoms with Crippen LogP contribution in [-0.2, 0) is 20.6 Å². The van der Waals surface area contributed by atoms with E-state index in [1.807, 2.05) is 13.0 Å². The van der Waals surface area contributed by atoms with Gasteiger partial charge in [-0.2, -0.15) is 18.3 Å². The number of nitrogens with one attached hydrogen (secondary N) is 3. The number of hydrogen-bond donors (Lipinski definition) is 3. The molecule has 186 valence electrons. The lowest BCUT2D eigenvalue weighted by atomic mass is 10.2. The number of halogens is 3. The summed E-state index contributed by atoms with van der Waals surface area (Å²) in [5, 5.41) is 8.53. The van der Waals surface area contributed by atoms with E-state index < -0.39 is 36.1 Å². The third-order valence-corrected chi connectivity index (χ3v) is 4.56. The average molecular weight is 498 g/mol. The molecule has 0 saturated carbocycles. The Kier molecular flexibility index (Phi) is 8.39. The Morgan fingerprint density at radius 2 is 1.58 bits per heavy atom. The van der Waals surface area contributed by atoms with Gasteiger partial charge in [-0.25, -0.2) is 5.43 Å². The SMILES string of the molecule is Cc1cccc(NC(=O)C(=O)N/N=C\c2cccc(OCC(=O)Nc3cccc(C(F)(F)F)c3)c2)c1. The molecule has 0 fully saturated rings. The molecule has 0 bridgehead atoms. The first-order chi connectivity index (χ1) is 17.1. The Hall–Kier alpha value is -4.67. The third-order valence-electron chi connectivity index (χ3n) is 4.56. The fraction of sp³-hybridized carbons (Fsp3) is 0.120. The van der Waals surface area contributed by atoms with E-state index in [1.54, 1.807) is 36.4 Å². The number of alkyl halides is 3. The van der Waals surface area contributed by atoms with Crippen LogP contribution in [0.3, 0.4) is 0 Å². The molecule has 8 nitrogen and oxygen atoms in total. The molecule has 0 aliphatic rings. The lowest BCUT2D eigenvalue weighted by molar-refractivity contribution is -0.137. The quantitative estimate of drug-likeness (QED) is 0.259. The van der Waals surface area contributed by atoms with Crippen molar-refractivity contribution in [3.05, 3.63) is 89.5 Å². The number of anilines is 2. The summed E-state index contributed by atoms with van der Waals surface area (Å²) in [5.74, 6) is -2.23. The third kappa shape index (κ3) is 7.97. The maximum absolute atomic E-state index is 12.8. The minimum Gasteiger partial charge on any atom is -0.484 e. The molecule has 0 saturated heterocycles. The smallest absolute Gasteiger partial charge is 0.416 e. The largest absolute Gasteiger partial charge is 0.484 e. The van der Waals surface area contributed by atoms with Crippen LogP contribution in [0.1, 0.15) is 16.7 Å². The molecule has 0 radical (unpaired) electrons. The zero-order valence-corrected chi connectivity index (χ0v) is 18.9. The van der Waals surface area contributed by atoms with Gasteiger partial charge in [-0.05, 0) is 60.5 Å². The highest BCUT2D eigenvalue weighted by molar-refractivity contribution is 6.39. The van der Waals surface area contributed by atoms with Crippen LogP contribution < -0.4 is 20.8 Å². The standard InChI is InChI=1S/C25H21F3N4O4/c1-16-5-2-8-19(11-16)31-23(34)24(35)32-29-14-17-6-3-10-21(12-17)36-15-22(33)30-20-9-4-7-18(13-20)25(26,27)28/h2-14H,15H2,1H3,(H,30,33)(H,31,34)(H,32,35)/b29-14-. The molecule has 0 heterocycles. The van der Waals surface area contributed by atoms with Crippen LogP contribution in [0.2, 0.25) is 0 Å². The van der Waals surface area contributed by atoms with Gasteiger partial charge in [-0.15, -0.1) is 0 Å². The number of carbonyl (C=O) groups excluding carboxylic acids is 3. The summed E-state index contributed by atoms with van der Waals surface area (Å²) in [6.07, 6.45) is -3.25. The van der Waals surface area contributed by atoms with Crippen LogP contribution in [0.4, 0.5) is 24.5 Å². The molecule has 3 rings (SSSR count). The zero-order valence-electron chi connectivity index (χ0n) is 18.9. The lowest BCUT2D eigenvalue weighted by Gasteiger charge is -2.10. The van der Waals surface area contributed by atoms with Crippen LogP contribution in [0, 0.1) is 6.92 Å². The van der Waals surface area contributed by atoms with Crippen molar-refractivity contribution >= 4 is 35.3 Å². The second kappa shape index (κ2) is 11.6. The number of ether oxygens (including phenoxy) is 1. The van der Waals surface area contributed by atoms with Gasteiger partial charge in [0.2, 0.25) is 0 Å². The van der Waals surface area contributed by atoms with Gasteiger partial charge in [0.05, 0.1) is 11.8 Å². The van der Waals surface area contributed by atoms with Gasteiger partial charge in [0, 0.05) is 11.4 Å².